The van der Waals surface area contributed by atoms with Crippen molar-refractivity contribution in [1.29, 1.82) is 0 Å². The number of rotatable bonds is 5. The molecule has 0 aliphatic carbocycles. The molecule has 1 fully saturated rings. The van der Waals surface area contributed by atoms with Crippen molar-refractivity contribution >= 4 is 43.0 Å². The minimum absolute atomic E-state index is 0.0860. The van der Waals surface area contributed by atoms with E-state index in [1.807, 2.05) is 0 Å². The van der Waals surface area contributed by atoms with Crippen molar-refractivity contribution in [3.8, 4) is 5.75 Å². The molecular weight excluding hydrogens is 400 g/mol. The molecule has 2 aromatic carbocycles. The maximum atomic E-state index is 12.7. The molecule has 140 valence electrons. The molecule has 0 unspecified atom stereocenters. The van der Waals surface area contributed by atoms with Gasteiger partial charge in [-0.05, 0) is 42.8 Å². The lowest BCUT2D eigenvalue weighted by atomic mass is 10.3. The third-order valence-electron chi connectivity index (χ3n) is 3.90. The van der Waals surface area contributed by atoms with Crippen LogP contribution in [0.2, 0.25) is 5.02 Å². The first-order valence-electron chi connectivity index (χ1n) is 7.70. The van der Waals surface area contributed by atoms with Gasteiger partial charge in [0.25, 0.3) is 10.0 Å². The maximum absolute atomic E-state index is 12.7. The van der Waals surface area contributed by atoms with Gasteiger partial charge in [0.15, 0.2) is 0 Å². The molecule has 1 aliphatic rings. The molecule has 7 nitrogen and oxygen atoms in total. The fourth-order valence-corrected chi connectivity index (χ4v) is 5.76. The normalized spacial score (nSPS) is 16.5. The van der Waals surface area contributed by atoms with E-state index in [1.165, 1.54) is 35.7 Å². The molecular formula is C16H17ClN2O5S2. The van der Waals surface area contributed by atoms with Crippen LogP contribution in [-0.2, 0) is 20.0 Å². The third kappa shape index (κ3) is 3.74. The molecule has 10 heteroatoms. The smallest absolute Gasteiger partial charge is 0.265 e. The first kappa shape index (κ1) is 18.8. The van der Waals surface area contributed by atoms with E-state index in [2.05, 4.69) is 4.72 Å². The maximum Gasteiger partial charge on any atom is 0.265 e. The Balaban J connectivity index is 1.94. The summed E-state index contributed by atoms with van der Waals surface area (Å²) in [6, 6.07) is 10.5. The lowest BCUT2D eigenvalue weighted by Gasteiger charge is -2.18. The molecule has 1 aliphatic heterocycles. The average Bonchev–Trinajstić information content (AvgIpc) is 2.94. The quantitative estimate of drug-likeness (QED) is 0.808. The number of halogens is 1. The van der Waals surface area contributed by atoms with Crippen LogP contribution < -0.4 is 13.8 Å². The van der Waals surface area contributed by atoms with E-state index in [9.17, 15) is 16.8 Å². The van der Waals surface area contributed by atoms with E-state index >= 15 is 0 Å². The lowest BCUT2D eigenvalue weighted by Crippen LogP contribution is -2.25. The highest BCUT2D eigenvalue weighted by Crippen LogP contribution is 2.31. The van der Waals surface area contributed by atoms with Crippen molar-refractivity contribution in [3.63, 3.8) is 0 Å². The fourth-order valence-electron chi connectivity index (χ4n) is 2.72. The lowest BCUT2D eigenvalue weighted by molar-refractivity contribution is 0.403. The number of hydrogen-bond donors (Lipinski definition) is 1. The second kappa shape index (κ2) is 6.98. The topological polar surface area (TPSA) is 92.8 Å². The zero-order chi connectivity index (χ0) is 18.9. The summed E-state index contributed by atoms with van der Waals surface area (Å²) in [6.07, 6.45) is 0.540. The van der Waals surface area contributed by atoms with Gasteiger partial charge >= 0.3 is 0 Å². The van der Waals surface area contributed by atoms with Gasteiger partial charge in [0.2, 0.25) is 10.0 Å². The second-order valence-electron chi connectivity index (χ2n) is 5.69. The highest BCUT2D eigenvalue weighted by atomic mass is 35.5. The van der Waals surface area contributed by atoms with Gasteiger partial charge in [-0.3, -0.25) is 9.03 Å². The fraction of sp³-hybridized carbons (Fsp3) is 0.250. The minimum atomic E-state index is -3.98. The molecule has 0 amide bonds. The number of nitrogens with zero attached hydrogens (tertiary/aromatic N) is 1. The Morgan fingerprint density at radius 3 is 2.62 bits per heavy atom. The predicted molar refractivity (Wildman–Crippen MR) is 101 cm³/mol. The Kier molecular flexibility index (Phi) is 5.05. The number of sulfonamides is 2. The monoisotopic (exact) mass is 416 g/mol. The number of benzene rings is 2. The molecule has 3 rings (SSSR count). The molecule has 0 aromatic heterocycles. The SMILES string of the molecule is COc1ccc(Cl)cc1S(=O)(=O)Nc1cccc(N2CCCS2(=O)=O)c1. The standard InChI is InChI=1S/C16H17ClN2O5S2/c1-24-15-7-6-12(17)10-16(15)26(22,23)18-13-4-2-5-14(11-13)19-8-3-9-25(19,20)21/h2,4-7,10-11,18H,3,8-9H2,1H3. The summed E-state index contributed by atoms with van der Waals surface area (Å²) in [4.78, 5) is -0.105. The Morgan fingerprint density at radius 2 is 1.96 bits per heavy atom. The summed E-state index contributed by atoms with van der Waals surface area (Å²) in [5.74, 6) is 0.239. The van der Waals surface area contributed by atoms with E-state index in [0.29, 0.717) is 18.7 Å². The van der Waals surface area contributed by atoms with Crippen LogP contribution in [0.25, 0.3) is 0 Å². The first-order valence-corrected chi connectivity index (χ1v) is 11.2. The van der Waals surface area contributed by atoms with Crippen LogP contribution in [0.5, 0.6) is 5.75 Å². The van der Waals surface area contributed by atoms with Gasteiger partial charge in [0.1, 0.15) is 10.6 Å². The molecule has 0 saturated carbocycles. The van der Waals surface area contributed by atoms with Gasteiger partial charge in [-0.2, -0.15) is 0 Å². The Bertz CT molecular complexity index is 1040. The zero-order valence-corrected chi connectivity index (χ0v) is 16.2. The van der Waals surface area contributed by atoms with Crippen molar-refractivity contribution in [2.75, 3.05) is 28.4 Å². The van der Waals surface area contributed by atoms with E-state index in [0.717, 1.165) is 0 Å². The number of ether oxygens (including phenoxy) is 1. The van der Waals surface area contributed by atoms with Crippen LogP contribution in [0, 0.1) is 0 Å². The number of anilines is 2. The Hall–Kier alpha value is -1.97. The zero-order valence-electron chi connectivity index (χ0n) is 13.8. The summed E-state index contributed by atoms with van der Waals surface area (Å²) >= 11 is 5.90. The van der Waals surface area contributed by atoms with Crippen LogP contribution in [0.4, 0.5) is 11.4 Å². The van der Waals surface area contributed by atoms with Gasteiger partial charge in [-0.1, -0.05) is 17.7 Å². The Morgan fingerprint density at radius 1 is 1.19 bits per heavy atom. The van der Waals surface area contributed by atoms with Crippen LogP contribution in [-0.4, -0.2) is 36.2 Å². The Labute approximate surface area is 157 Å². The highest BCUT2D eigenvalue weighted by Gasteiger charge is 2.29. The van der Waals surface area contributed by atoms with Gasteiger partial charge < -0.3 is 4.74 Å². The number of hydrogen-bond acceptors (Lipinski definition) is 5. The molecule has 0 spiro atoms. The van der Waals surface area contributed by atoms with E-state index < -0.39 is 20.0 Å². The van der Waals surface area contributed by atoms with E-state index in [4.69, 9.17) is 16.3 Å². The van der Waals surface area contributed by atoms with E-state index in [-0.39, 0.29) is 27.1 Å². The molecule has 26 heavy (non-hydrogen) atoms. The summed E-state index contributed by atoms with van der Waals surface area (Å²) in [7, 11) is -5.96. The van der Waals surface area contributed by atoms with Gasteiger partial charge in [-0.25, -0.2) is 16.8 Å². The molecule has 1 saturated heterocycles. The first-order chi connectivity index (χ1) is 12.2. The van der Waals surface area contributed by atoms with Crippen LogP contribution in [0.1, 0.15) is 6.42 Å². The van der Waals surface area contributed by atoms with Gasteiger partial charge in [-0.15, -0.1) is 0 Å². The minimum Gasteiger partial charge on any atom is -0.495 e. The van der Waals surface area contributed by atoms with Crippen molar-refractivity contribution in [3.05, 3.63) is 47.5 Å². The highest BCUT2D eigenvalue weighted by molar-refractivity contribution is 7.93. The van der Waals surface area contributed by atoms with Crippen molar-refractivity contribution in [2.45, 2.75) is 11.3 Å². The van der Waals surface area contributed by atoms with E-state index in [1.54, 1.807) is 18.2 Å². The van der Waals surface area contributed by atoms with Gasteiger partial charge in [0.05, 0.1) is 24.2 Å². The van der Waals surface area contributed by atoms with Crippen LogP contribution >= 0.6 is 11.6 Å². The predicted octanol–water partition coefficient (Wildman–Crippen LogP) is 2.69. The summed E-state index contributed by atoms with van der Waals surface area (Å²) < 4.78 is 58.4. The third-order valence-corrected chi connectivity index (χ3v) is 7.41. The molecule has 0 atom stereocenters. The number of nitrogens with one attached hydrogen (secondary N) is 1. The van der Waals surface area contributed by atoms with Crippen molar-refractivity contribution < 1.29 is 21.6 Å². The summed E-state index contributed by atoms with van der Waals surface area (Å²) in [5.41, 5.74) is 0.660. The molecule has 0 bridgehead atoms. The molecule has 1 heterocycles. The number of methoxy groups -OCH3 is 1. The van der Waals surface area contributed by atoms with Crippen LogP contribution in [0.15, 0.2) is 47.4 Å². The van der Waals surface area contributed by atoms with Crippen molar-refractivity contribution in [1.82, 2.24) is 0 Å². The largest absolute Gasteiger partial charge is 0.495 e. The average molecular weight is 417 g/mol. The van der Waals surface area contributed by atoms with Gasteiger partial charge in [0, 0.05) is 11.6 Å². The summed E-state index contributed by atoms with van der Waals surface area (Å²) in [6.45, 7) is 0.376. The van der Waals surface area contributed by atoms with Crippen molar-refractivity contribution in [2.24, 2.45) is 0 Å². The summed E-state index contributed by atoms with van der Waals surface area (Å²) in [5, 5.41) is 0.253. The van der Waals surface area contributed by atoms with Crippen LogP contribution in [0.3, 0.4) is 0 Å². The molecule has 1 N–H and O–H groups in total. The second-order valence-corrected chi connectivity index (χ2v) is 9.79. The molecule has 2 aromatic rings. The molecule has 0 radical (unpaired) electrons.